The predicted molar refractivity (Wildman–Crippen MR) is 54.6 cm³/mol. The summed E-state index contributed by atoms with van der Waals surface area (Å²) in [5, 5.41) is 12.1. The zero-order chi connectivity index (χ0) is 12.3. The van der Waals surface area contributed by atoms with Crippen LogP contribution in [0.2, 0.25) is 0 Å². The number of ether oxygens (including phenoxy) is 2. The van der Waals surface area contributed by atoms with Crippen LogP contribution in [0.25, 0.3) is 0 Å². The number of carbonyl (C=O) groups is 2. The van der Waals surface area contributed by atoms with E-state index in [0.29, 0.717) is 6.54 Å². The number of amides is 1. The lowest BCUT2D eigenvalue weighted by Crippen LogP contribution is -2.53. The molecule has 2 atom stereocenters. The Bertz CT molecular complexity index is 283. The first-order valence-corrected chi connectivity index (χ1v) is 5.11. The van der Waals surface area contributed by atoms with Gasteiger partial charge in [0.05, 0.1) is 6.61 Å². The summed E-state index contributed by atoms with van der Waals surface area (Å²) in [6, 6.07) is 0. The van der Waals surface area contributed by atoms with E-state index in [4.69, 9.17) is 9.47 Å². The van der Waals surface area contributed by atoms with Crippen molar-refractivity contribution in [3.05, 3.63) is 0 Å². The molecular weight excluding hydrogens is 214 g/mol. The second kappa shape index (κ2) is 4.80. The smallest absolute Gasteiger partial charge is 0.338 e. The fourth-order valence-electron chi connectivity index (χ4n) is 1.26. The number of hydrogen-bond donors (Lipinski definition) is 2. The highest BCUT2D eigenvalue weighted by Crippen LogP contribution is 2.12. The third-order valence-corrected chi connectivity index (χ3v) is 1.89. The van der Waals surface area contributed by atoms with E-state index in [-0.39, 0.29) is 6.61 Å². The molecule has 6 nitrogen and oxygen atoms in total. The van der Waals surface area contributed by atoms with Crippen molar-refractivity contribution < 1.29 is 24.2 Å². The van der Waals surface area contributed by atoms with E-state index in [1.165, 1.54) is 0 Å². The predicted octanol–water partition coefficient (Wildman–Crippen LogP) is -0.796. The summed E-state index contributed by atoms with van der Waals surface area (Å²) in [5.41, 5.74) is -0.705. The number of nitrogens with one attached hydrogen (secondary N) is 1. The van der Waals surface area contributed by atoms with Gasteiger partial charge in [0.2, 0.25) is 0 Å². The molecule has 0 spiro atoms. The molecule has 6 heteroatoms. The topological polar surface area (TPSA) is 84.9 Å². The molecule has 1 fully saturated rings. The van der Waals surface area contributed by atoms with Gasteiger partial charge in [0.1, 0.15) is 5.60 Å². The van der Waals surface area contributed by atoms with Gasteiger partial charge in [-0.2, -0.15) is 0 Å². The van der Waals surface area contributed by atoms with Crippen LogP contribution in [-0.4, -0.2) is 47.9 Å². The van der Waals surface area contributed by atoms with Crippen LogP contribution >= 0.6 is 0 Å². The van der Waals surface area contributed by atoms with Gasteiger partial charge in [0.25, 0.3) is 5.91 Å². The van der Waals surface area contributed by atoms with Crippen molar-refractivity contribution in [2.45, 2.75) is 38.6 Å². The summed E-state index contributed by atoms with van der Waals surface area (Å²) >= 11 is 0. The summed E-state index contributed by atoms with van der Waals surface area (Å²) in [7, 11) is 0. The molecule has 2 unspecified atom stereocenters. The molecule has 1 aliphatic rings. The minimum atomic E-state index is -1.58. The second-order valence-electron chi connectivity index (χ2n) is 4.56. The van der Waals surface area contributed by atoms with Crippen LogP contribution in [-0.2, 0) is 19.1 Å². The first-order valence-electron chi connectivity index (χ1n) is 5.11. The van der Waals surface area contributed by atoms with Crippen LogP contribution in [0.5, 0.6) is 0 Å². The van der Waals surface area contributed by atoms with Crippen LogP contribution < -0.4 is 5.32 Å². The van der Waals surface area contributed by atoms with Gasteiger partial charge in [0, 0.05) is 6.54 Å². The number of morpholine rings is 1. The number of esters is 1. The average Bonchev–Trinajstić information content (AvgIpc) is 2.15. The lowest BCUT2D eigenvalue weighted by Gasteiger charge is -2.28. The molecule has 0 aliphatic carbocycles. The zero-order valence-corrected chi connectivity index (χ0v) is 9.65. The molecule has 1 heterocycles. The van der Waals surface area contributed by atoms with E-state index in [1.54, 1.807) is 20.8 Å². The Morgan fingerprint density at radius 3 is 2.75 bits per heavy atom. The fourth-order valence-corrected chi connectivity index (χ4v) is 1.26. The van der Waals surface area contributed by atoms with Crippen LogP contribution in [0.15, 0.2) is 0 Å². The highest BCUT2D eigenvalue weighted by atomic mass is 16.6. The van der Waals surface area contributed by atoms with E-state index in [0.717, 1.165) is 0 Å². The Morgan fingerprint density at radius 2 is 2.25 bits per heavy atom. The lowest BCUT2D eigenvalue weighted by atomic mass is 10.1. The Hall–Kier alpha value is -1.14. The highest BCUT2D eigenvalue weighted by Gasteiger charge is 2.37. The normalized spacial score (nSPS) is 23.5. The molecule has 0 bridgehead atoms. The third-order valence-electron chi connectivity index (χ3n) is 1.89. The molecule has 0 saturated carbocycles. The molecule has 1 saturated heterocycles. The van der Waals surface area contributed by atoms with E-state index in [9.17, 15) is 14.7 Å². The maximum Gasteiger partial charge on any atom is 0.338 e. The summed E-state index contributed by atoms with van der Waals surface area (Å²) < 4.78 is 9.98. The van der Waals surface area contributed by atoms with Gasteiger partial charge in [-0.25, -0.2) is 4.79 Å². The van der Waals surface area contributed by atoms with Gasteiger partial charge < -0.3 is 19.9 Å². The van der Waals surface area contributed by atoms with Crippen molar-refractivity contribution in [3.63, 3.8) is 0 Å². The second-order valence-corrected chi connectivity index (χ2v) is 4.56. The van der Waals surface area contributed by atoms with Gasteiger partial charge in [-0.15, -0.1) is 0 Å². The molecule has 16 heavy (non-hydrogen) atoms. The summed E-state index contributed by atoms with van der Waals surface area (Å²) in [6.45, 7) is 5.70. The van der Waals surface area contributed by atoms with E-state index in [1.807, 2.05) is 0 Å². The standard InChI is InChI=1S/C10H17NO5/c1-10(2,3)16-9(14)6(12)7-8(13)11-4-5-15-7/h6-7,12H,4-5H2,1-3H3,(H,11,13). The molecule has 1 rings (SSSR count). The van der Waals surface area contributed by atoms with E-state index < -0.39 is 29.7 Å². The first kappa shape index (κ1) is 12.9. The maximum absolute atomic E-state index is 11.5. The number of aliphatic hydroxyl groups excluding tert-OH is 1. The number of rotatable bonds is 2. The summed E-state index contributed by atoms with van der Waals surface area (Å²) in [4.78, 5) is 22.8. The Balaban J connectivity index is 2.59. The molecule has 92 valence electrons. The van der Waals surface area contributed by atoms with Crippen molar-refractivity contribution in [2.24, 2.45) is 0 Å². The quantitative estimate of drug-likeness (QED) is 0.608. The molecule has 0 radical (unpaired) electrons. The van der Waals surface area contributed by atoms with Crippen LogP contribution in [0.1, 0.15) is 20.8 Å². The maximum atomic E-state index is 11.5. The SMILES string of the molecule is CC(C)(C)OC(=O)C(O)C1OCCNC1=O. The third kappa shape index (κ3) is 3.46. The molecule has 1 aliphatic heterocycles. The van der Waals surface area contributed by atoms with Gasteiger partial charge in [0.15, 0.2) is 12.2 Å². The zero-order valence-electron chi connectivity index (χ0n) is 9.65. The van der Waals surface area contributed by atoms with Crippen LogP contribution in [0.4, 0.5) is 0 Å². The largest absolute Gasteiger partial charge is 0.458 e. The molecular formula is C10H17NO5. The monoisotopic (exact) mass is 231 g/mol. The van der Waals surface area contributed by atoms with E-state index >= 15 is 0 Å². The van der Waals surface area contributed by atoms with Gasteiger partial charge in [-0.05, 0) is 20.8 Å². The van der Waals surface area contributed by atoms with Crippen molar-refractivity contribution in [3.8, 4) is 0 Å². The molecule has 0 aromatic rings. The van der Waals surface area contributed by atoms with Crippen molar-refractivity contribution in [1.29, 1.82) is 0 Å². The minimum absolute atomic E-state index is 0.274. The van der Waals surface area contributed by atoms with Gasteiger partial charge in [-0.1, -0.05) is 0 Å². The average molecular weight is 231 g/mol. The Morgan fingerprint density at radius 1 is 1.62 bits per heavy atom. The van der Waals surface area contributed by atoms with Crippen LogP contribution in [0.3, 0.4) is 0 Å². The fraction of sp³-hybridized carbons (Fsp3) is 0.800. The number of hydrogen-bond acceptors (Lipinski definition) is 5. The molecule has 0 aromatic carbocycles. The van der Waals surface area contributed by atoms with E-state index in [2.05, 4.69) is 5.32 Å². The molecule has 2 N–H and O–H groups in total. The highest BCUT2D eigenvalue weighted by molar-refractivity contribution is 5.89. The minimum Gasteiger partial charge on any atom is -0.458 e. The van der Waals surface area contributed by atoms with Crippen LogP contribution in [0, 0.1) is 0 Å². The van der Waals surface area contributed by atoms with Gasteiger partial charge >= 0.3 is 5.97 Å². The molecule has 0 aromatic heterocycles. The Kier molecular flexibility index (Phi) is 3.88. The summed E-state index contributed by atoms with van der Waals surface area (Å²) in [6.07, 6.45) is -2.76. The first-order chi connectivity index (χ1) is 7.31. The number of aliphatic hydroxyl groups is 1. The lowest BCUT2D eigenvalue weighted by molar-refractivity contribution is -0.178. The summed E-state index contributed by atoms with van der Waals surface area (Å²) in [5.74, 6) is -1.35. The number of carbonyl (C=O) groups excluding carboxylic acids is 2. The molecule has 1 amide bonds. The van der Waals surface area contributed by atoms with Crippen molar-refractivity contribution >= 4 is 11.9 Å². The van der Waals surface area contributed by atoms with Crippen molar-refractivity contribution in [2.75, 3.05) is 13.2 Å². The Labute approximate surface area is 93.9 Å². The van der Waals surface area contributed by atoms with Gasteiger partial charge in [-0.3, -0.25) is 4.79 Å². The van der Waals surface area contributed by atoms with Crippen molar-refractivity contribution in [1.82, 2.24) is 5.32 Å².